The van der Waals surface area contributed by atoms with Crippen LogP contribution in [0.15, 0.2) is 29.2 Å². The van der Waals surface area contributed by atoms with Crippen molar-refractivity contribution < 1.29 is 18.3 Å². The summed E-state index contributed by atoms with van der Waals surface area (Å²) in [5, 5.41) is 8.60. The van der Waals surface area contributed by atoms with Crippen LogP contribution in [0.2, 0.25) is 0 Å². The van der Waals surface area contributed by atoms with E-state index in [0.717, 1.165) is 0 Å². The van der Waals surface area contributed by atoms with Gasteiger partial charge >= 0.3 is 5.97 Å². The Bertz CT molecular complexity index is 539. The number of carbonyl (C=O) groups is 1. The van der Waals surface area contributed by atoms with E-state index < -0.39 is 15.8 Å². The number of aliphatic carboxylic acids is 1. The molecule has 0 aromatic heterocycles. The Kier molecular flexibility index (Phi) is 5.35. The predicted octanol–water partition coefficient (Wildman–Crippen LogP) is 1.78. The van der Waals surface area contributed by atoms with Gasteiger partial charge in [0, 0.05) is 20.0 Å². The summed E-state index contributed by atoms with van der Waals surface area (Å²) in [5.41, 5.74) is 0.620. The van der Waals surface area contributed by atoms with Gasteiger partial charge < -0.3 is 10.0 Å². The SMILES string of the molecule is CCS(=O)(=O)c1ccccc1N(C)CCCC(=O)O. The van der Waals surface area contributed by atoms with Crippen molar-refractivity contribution in [3.8, 4) is 0 Å². The number of rotatable bonds is 7. The second kappa shape index (κ2) is 6.56. The second-order valence-electron chi connectivity index (χ2n) is 4.29. The maximum Gasteiger partial charge on any atom is 0.303 e. The summed E-state index contributed by atoms with van der Waals surface area (Å²) in [6, 6.07) is 6.79. The number of para-hydroxylation sites is 1. The van der Waals surface area contributed by atoms with Crippen molar-refractivity contribution >= 4 is 21.5 Å². The zero-order valence-corrected chi connectivity index (χ0v) is 12.0. The third-order valence-electron chi connectivity index (χ3n) is 2.88. The highest BCUT2D eigenvalue weighted by atomic mass is 32.2. The van der Waals surface area contributed by atoms with Crippen LogP contribution in [0.4, 0.5) is 5.69 Å². The molecule has 0 aliphatic heterocycles. The molecule has 0 aliphatic carbocycles. The van der Waals surface area contributed by atoms with E-state index in [1.165, 1.54) is 0 Å². The van der Waals surface area contributed by atoms with Crippen molar-refractivity contribution in [2.45, 2.75) is 24.7 Å². The second-order valence-corrected chi connectivity index (χ2v) is 6.54. The minimum absolute atomic E-state index is 0.0486. The number of sulfone groups is 1. The molecule has 1 N–H and O–H groups in total. The van der Waals surface area contributed by atoms with Gasteiger partial charge in [0.2, 0.25) is 0 Å². The first-order chi connectivity index (χ1) is 8.88. The van der Waals surface area contributed by atoms with E-state index in [4.69, 9.17) is 5.11 Å². The van der Waals surface area contributed by atoms with Crippen molar-refractivity contribution in [2.24, 2.45) is 0 Å². The first-order valence-corrected chi connectivity index (χ1v) is 7.78. The topological polar surface area (TPSA) is 74.7 Å². The van der Waals surface area contributed by atoms with E-state index in [1.807, 2.05) is 0 Å². The van der Waals surface area contributed by atoms with Crippen molar-refractivity contribution in [1.82, 2.24) is 0 Å². The third-order valence-corrected chi connectivity index (χ3v) is 4.65. The fourth-order valence-electron chi connectivity index (χ4n) is 1.78. The Morgan fingerprint density at radius 2 is 1.95 bits per heavy atom. The van der Waals surface area contributed by atoms with Crippen molar-refractivity contribution in [3.05, 3.63) is 24.3 Å². The average molecular weight is 285 g/mol. The molecule has 0 heterocycles. The van der Waals surface area contributed by atoms with E-state index in [0.29, 0.717) is 23.5 Å². The molecule has 1 aromatic rings. The van der Waals surface area contributed by atoms with Gasteiger partial charge in [0.05, 0.1) is 16.3 Å². The fraction of sp³-hybridized carbons (Fsp3) is 0.462. The van der Waals surface area contributed by atoms with Crippen LogP contribution in [0.1, 0.15) is 19.8 Å². The number of benzene rings is 1. The molecule has 1 aromatic carbocycles. The lowest BCUT2D eigenvalue weighted by Gasteiger charge is -2.21. The first-order valence-electron chi connectivity index (χ1n) is 6.13. The van der Waals surface area contributed by atoms with Crippen LogP contribution in [0, 0.1) is 0 Å². The molecule has 0 saturated carbocycles. The van der Waals surface area contributed by atoms with Gasteiger partial charge in [0.15, 0.2) is 9.84 Å². The third kappa shape index (κ3) is 4.24. The molecule has 19 heavy (non-hydrogen) atoms. The Morgan fingerprint density at radius 1 is 1.32 bits per heavy atom. The van der Waals surface area contributed by atoms with E-state index in [-0.39, 0.29) is 12.2 Å². The van der Waals surface area contributed by atoms with E-state index >= 15 is 0 Å². The van der Waals surface area contributed by atoms with Gasteiger partial charge in [0.25, 0.3) is 0 Å². The van der Waals surface area contributed by atoms with Gasteiger partial charge in [-0.1, -0.05) is 19.1 Å². The molecule has 0 unspecified atom stereocenters. The van der Waals surface area contributed by atoms with Crippen LogP contribution < -0.4 is 4.90 Å². The van der Waals surface area contributed by atoms with E-state index in [1.54, 1.807) is 43.1 Å². The van der Waals surface area contributed by atoms with Crippen molar-refractivity contribution in [1.29, 1.82) is 0 Å². The summed E-state index contributed by atoms with van der Waals surface area (Å²) >= 11 is 0. The molecule has 0 spiro atoms. The molecule has 0 fully saturated rings. The molecule has 0 amide bonds. The molecule has 0 atom stereocenters. The maximum atomic E-state index is 12.0. The Labute approximate surface area is 113 Å². The van der Waals surface area contributed by atoms with Crippen LogP contribution >= 0.6 is 0 Å². The quantitative estimate of drug-likeness (QED) is 0.826. The van der Waals surface area contributed by atoms with Gasteiger partial charge in [-0.25, -0.2) is 8.42 Å². The van der Waals surface area contributed by atoms with Gasteiger partial charge in [-0.05, 0) is 18.6 Å². The van der Waals surface area contributed by atoms with Gasteiger partial charge in [-0.2, -0.15) is 0 Å². The highest BCUT2D eigenvalue weighted by Gasteiger charge is 2.18. The number of hydrogen-bond donors (Lipinski definition) is 1. The molecule has 6 heteroatoms. The van der Waals surface area contributed by atoms with Gasteiger partial charge in [-0.15, -0.1) is 0 Å². The zero-order chi connectivity index (χ0) is 14.5. The lowest BCUT2D eigenvalue weighted by molar-refractivity contribution is -0.137. The molecule has 5 nitrogen and oxygen atoms in total. The molecule has 0 aliphatic rings. The Hall–Kier alpha value is -1.56. The summed E-state index contributed by atoms with van der Waals surface area (Å²) in [5.74, 6) is -0.796. The predicted molar refractivity (Wildman–Crippen MR) is 74.3 cm³/mol. The number of nitrogens with zero attached hydrogens (tertiary/aromatic N) is 1. The summed E-state index contributed by atoms with van der Waals surface area (Å²) in [6.07, 6.45) is 0.555. The van der Waals surface area contributed by atoms with Crippen LogP contribution in [-0.4, -0.2) is 38.8 Å². The van der Waals surface area contributed by atoms with Crippen LogP contribution in [0.25, 0.3) is 0 Å². The Balaban J connectivity index is 2.91. The summed E-state index contributed by atoms with van der Waals surface area (Å²) in [4.78, 5) is 12.6. The number of carboxylic acid groups (broad SMARTS) is 1. The van der Waals surface area contributed by atoms with E-state index in [9.17, 15) is 13.2 Å². The molecule has 1 rings (SSSR count). The first kappa shape index (κ1) is 15.5. The maximum absolute atomic E-state index is 12.0. The molecule has 106 valence electrons. The summed E-state index contributed by atoms with van der Waals surface area (Å²) < 4.78 is 24.0. The summed E-state index contributed by atoms with van der Waals surface area (Å²) in [7, 11) is -1.50. The van der Waals surface area contributed by atoms with Crippen LogP contribution in [0.5, 0.6) is 0 Å². The molecular formula is C13H19NO4S. The van der Waals surface area contributed by atoms with Gasteiger partial charge in [-0.3, -0.25) is 4.79 Å². The van der Waals surface area contributed by atoms with Gasteiger partial charge in [0.1, 0.15) is 0 Å². The zero-order valence-electron chi connectivity index (χ0n) is 11.2. The smallest absolute Gasteiger partial charge is 0.303 e. The van der Waals surface area contributed by atoms with Crippen molar-refractivity contribution in [3.63, 3.8) is 0 Å². The van der Waals surface area contributed by atoms with Crippen LogP contribution in [0.3, 0.4) is 0 Å². The normalized spacial score (nSPS) is 11.3. The number of anilines is 1. The number of hydrogen-bond acceptors (Lipinski definition) is 4. The monoisotopic (exact) mass is 285 g/mol. The fourth-order valence-corrected chi connectivity index (χ4v) is 2.92. The summed E-state index contributed by atoms with van der Waals surface area (Å²) in [6.45, 7) is 2.11. The largest absolute Gasteiger partial charge is 0.481 e. The highest BCUT2D eigenvalue weighted by molar-refractivity contribution is 7.91. The Morgan fingerprint density at radius 3 is 2.53 bits per heavy atom. The average Bonchev–Trinajstić information content (AvgIpc) is 2.38. The number of carboxylic acids is 1. The highest BCUT2D eigenvalue weighted by Crippen LogP contribution is 2.25. The minimum Gasteiger partial charge on any atom is -0.481 e. The lowest BCUT2D eigenvalue weighted by atomic mass is 10.2. The standard InChI is InChI=1S/C13H19NO4S/c1-3-19(17,18)12-8-5-4-7-11(12)14(2)10-6-9-13(15)16/h4-5,7-8H,3,6,9-10H2,1-2H3,(H,15,16). The van der Waals surface area contributed by atoms with Crippen LogP contribution in [-0.2, 0) is 14.6 Å². The minimum atomic E-state index is -3.27. The molecule has 0 radical (unpaired) electrons. The molecule has 0 bridgehead atoms. The van der Waals surface area contributed by atoms with Crippen molar-refractivity contribution in [2.75, 3.05) is 24.2 Å². The van der Waals surface area contributed by atoms with E-state index in [2.05, 4.69) is 0 Å². The molecular weight excluding hydrogens is 266 g/mol. The lowest BCUT2D eigenvalue weighted by Crippen LogP contribution is -2.22. The molecule has 0 saturated heterocycles.